The van der Waals surface area contributed by atoms with Crippen LogP contribution in [0.3, 0.4) is 0 Å². The normalized spacial score (nSPS) is 11.0. The molecule has 0 spiro atoms. The second-order valence-corrected chi connectivity index (χ2v) is 6.29. The van der Waals surface area contributed by atoms with Crippen molar-refractivity contribution in [2.24, 2.45) is 0 Å². The summed E-state index contributed by atoms with van der Waals surface area (Å²) >= 11 is 6.07. The average molecular weight is 367 g/mol. The van der Waals surface area contributed by atoms with Crippen LogP contribution in [0.5, 0.6) is 0 Å². The number of fused-ring (bicyclic) bond motifs is 1. The van der Waals surface area contributed by atoms with Crippen LogP contribution in [0.4, 0.5) is 5.82 Å². The zero-order valence-electron chi connectivity index (χ0n) is 14.0. The van der Waals surface area contributed by atoms with E-state index in [2.05, 4.69) is 4.98 Å². The Kier molecular flexibility index (Phi) is 4.22. The molecule has 0 radical (unpaired) electrons. The molecule has 0 bridgehead atoms. The van der Waals surface area contributed by atoms with Gasteiger partial charge in [0.15, 0.2) is 5.76 Å². The van der Waals surface area contributed by atoms with E-state index in [1.807, 2.05) is 19.1 Å². The number of furan rings is 2. The molecule has 130 valence electrons. The second-order valence-electron chi connectivity index (χ2n) is 5.86. The summed E-state index contributed by atoms with van der Waals surface area (Å²) in [6.07, 6.45) is 3.22. The lowest BCUT2D eigenvalue weighted by Crippen LogP contribution is -2.31. The third-order valence-corrected chi connectivity index (χ3v) is 4.39. The van der Waals surface area contributed by atoms with E-state index in [0.29, 0.717) is 22.2 Å². The number of aromatic nitrogens is 1. The summed E-state index contributed by atoms with van der Waals surface area (Å²) in [5.41, 5.74) is 1.36. The highest BCUT2D eigenvalue weighted by Gasteiger charge is 2.26. The van der Waals surface area contributed by atoms with Crippen molar-refractivity contribution in [3.8, 4) is 0 Å². The van der Waals surface area contributed by atoms with Gasteiger partial charge in [-0.05, 0) is 49.4 Å². The van der Waals surface area contributed by atoms with Crippen molar-refractivity contribution in [3.63, 3.8) is 0 Å². The molecule has 5 nitrogen and oxygen atoms in total. The minimum Gasteiger partial charge on any atom is -0.467 e. The maximum absolute atomic E-state index is 13.3. The molecular weight excluding hydrogens is 352 g/mol. The van der Waals surface area contributed by atoms with Gasteiger partial charge in [0.05, 0.1) is 12.8 Å². The number of nitrogens with zero attached hydrogens (tertiary/aromatic N) is 2. The quantitative estimate of drug-likeness (QED) is 0.496. The van der Waals surface area contributed by atoms with E-state index in [1.165, 1.54) is 4.90 Å². The fourth-order valence-electron chi connectivity index (χ4n) is 2.85. The number of benzene rings is 1. The maximum atomic E-state index is 13.3. The predicted octanol–water partition coefficient (Wildman–Crippen LogP) is 5.23. The van der Waals surface area contributed by atoms with Crippen LogP contribution in [0.15, 0.2) is 69.8 Å². The Hall–Kier alpha value is -3.05. The second kappa shape index (κ2) is 6.69. The number of anilines is 1. The zero-order valence-corrected chi connectivity index (χ0v) is 14.7. The number of hydrogen-bond donors (Lipinski definition) is 0. The summed E-state index contributed by atoms with van der Waals surface area (Å²) in [5, 5.41) is 1.41. The van der Waals surface area contributed by atoms with Gasteiger partial charge in [-0.3, -0.25) is 9.69 Å². The van der Waals surface area contributed by atoms with Crippen LogP contribution in [0.2, 0.25) is 5.02 Å². The summed E-state index contributed by atoms with van der Waals surface area (Å²) in [7, 11) is 0. The third-order valence-electron chi connectivity index (χ3n) is 4.16. The number of carbonyl (C=O) groups is 1. The average Bonchev–Trinajstić information content (AvgIpc) is 3.28. The van der Waals surface area contributed by atoms with Crippen LogP contribution >= 0.6 is 11.6 Å². The zero-order chi connectivity index (χ0) is 18.1. The highest BCUT2D eigenvalue weighted by molar-refractivity contribution is 6.31. The molecule has 0 atom stereocenters. The van der Waals surface area contributed by atoms with Crippen molar-refractivity contribution in [3.05, 3.63) is 83.1 Å². The molecule has 0 fully saturated rings. The highest BCUT2D eigenvalue weighted by atomic mass is 35.5. The van der Waals surface area contributed by atoms with Crippen molar-refractivity contribution in [2.75, 3.05) is 4.90 Å². The molecule has 4 rings (SSSR count). The molecule has 0 N–H and O–H groups in total. The lowest BCUT2D eigenvalue weighted by atomic mass is 10.1. The first-order chi connectivity index (χ1) is 12.6. The number of carbonyl (C=O) groups excluding carboxylic acids is 1. The number of halogens is 1. The summed E-state index contributed by atoms with van der Waals surface area (Å²) in [4.78, 5) is 19.1. The Morgan fingerprint density at radius 2 is 2.08 bits per heavy atom. The lowest BCUT2D eigenvalue weighted by Gasteiger charge is -2.19. The molecule has 3 heterocycles. The van der Waals surface area contributed by atoms with E-state index in [0.717, 1.165) is 10.9 Å². The summed E-state index contributed by atoms with van der Waals surface area (Å²) in [6, 6.07) is 14.3. The van der Waals surface area contributed by atoms with Gasteiger partial charge in [-0.1, -0.05) is 17.7 Å². The van der Waals surface area contributed by atoms with Crippen LogP contribution < -0.4 is 4.90 Å². The Morgan fingerprint density at radius 1 is 1.19 bits per heavy atom. The Balaban J connectivity index is 1.78. The van der Waals surface area contributed by atoms with Crippen molar-refractivity contribution >= 4 is 34.3 Å². The van der Waals surface area contributed by atoms with E-state index >= 15 is 0 Å². The van der Waals surface area contributed by atoms with Gasteiger partial charge < -0.3 is 8.83 Å². The highest BCUT2D eigenvalue weighted by Crippen LogP contribution is 2.30. The maximum Gasteiger partial charge on any atom is 0.295 e. The minimum absolute atomic E-state index is 0.250. The summed E-state index contributed by atoms with van der Waals surface area (Å²) in [6.45, 7) is 2.10. The van der Waals surface area contributed by atoms with Gasteiger partial charge in [0.1, 0.15) is 17.2 Å². The molecule has 0 aliphatic carbocycles. The van der Waals surface area contributed by atoms with Gasteiger partial charge in [-0.15, -0.1) is 0 Å². The molecule has 1 aromatic carbocycles. The van der Waals surface area contributed by atoms with Crippen LogP contribution in [0, 0.1) is 6.92 Å². The topological polar surface area (TPSA) is 59.5 Å². The molecule has 6 heteroatoms. The largest absolute Gasteiger partial charge is 0.467 e. The summed E-state index contributed by atoms with van der Waals surface area (Å²) < 4.78 is 11.2. The van der Waals surface area contributed by atoms with E-state index < -0.39 is 0 Å². The molecule has 3 aromatic heterocycles. The number of rotatable bonds is 4. The van der Waals surface area contributed by atoms with E-state index in [1.54, 1.807) is 48.9 Å². The number of amides is 1. The first kappa shape index (κ1) is 16.4. The van der Waals surface area contributed by atoms with Gasteiger partial charge in [0.2, 0.25) is 0 Å². The molecule has 4 aromatic rings. The van der Waals surface area contributed by atoms with Crippen molar-refractivity contribution in [1.29, 1.82) is 0 Å². The van der Waals surface area contributed by atoms with Gasteiger partial charge >= 0.3 is 0 Å². The Morgan fingerprint density at radius 3 is 2.81 bits per heavy atom. The number of pyridine rings is 1. The van der Waals surface area contributed by atoms with Crippen molar-refractivity contribution in [1.82, 2.24) is 4.98 Å². The molecule has 26 heavy (non-hydrogen) atoms. The molecule has 0 saturated carbocycles. The fraction of sp³-hybridized carbons (Fsp3) is 0.100. The minimum atomic E-state index is -0.287. The van der Waals surface area contributed by atoms with Crippen LogP contribution in [-0.4, -0.2) is 10.9 Å². The first-order valence-corrected chi connectivity index (χ1v) is 8.45. The van der Waals surface area contributed by atoms with Gasteiger partial charge in [0, 0.05) is 22.2 Å². The molecule has 0 aliphatic heterocycles. The monoisotopic (exact) mass is 366 g/mol. The lowest BCUT2D eigenvalue weighted by molar-refractivity contribution is 0.0957. The Bertz CT molecular complexity index is 1060. The summed E-state index contributed by atoms with van der Waals surface area (Å²) in [5.74, 6) is 1.15. The van der Waals surface area contributed by atoms with E-state index in [4.69, 9.17) is 20.4 Å². The van der Waals surface area contributed by atoms with Crippen LogP contribution in [-0.2, 0) is 6.54 Å². The van der Waals surface area contributed by atoms with Gasteiger partial charge in [-0.25, -0.2) is 4.98 Å². The van der Waals surface area contributed by atoms with Gasteiger partial charge in [-0.2, -0.15) is 0 Å². The number of aryl methyl sites for hydroxylation is 1. The molecule has 0 aliphatic rings. The molecular formula is C20H15ClN2O3. The fourth-order valence-corrected chi connectivity index (χ4v) is 3.02. The number of hydrogen-bond acceptors (Lipinski definition) is 4. The standard InChI is InChI=1S/C20H15ClN2O3/c1-13-16-11-14(21)7-8-17(16)26-19(13)20(24)23(12-15-5-4-10-25-15)18-6-2-3-9-22-18/h2-11H,12H2,1H3. The molecule has 0 unspecified atom stereocenters. The van der Waals surface area contributed by atoms with Crippen molar-refractivity contribution < 1.29 is 13.6 Å². The SMILES string of the molecule is Cc1c(C(=O)N(Cc2ccco2)c2ccccn2)oc2ccc(Cl)cc12. The molecule has 0 saturated heterocycles. The smallest absolute Gasteiger partial charge is 0.295 e. The van der Waals surface area contributed by atoms with E-state index in [9.17, 15) is 4.79 Å². The molecule has 1 amide bonds. The van der Waals surface area contributed by atoms with Gasteiger partial charge in [0.25, 0.3) is 5.91 Å². The van der Waals surface area contributed by atoms with Crippen LogP contribution in [0.25, 0.3) is 11.0 Å². The third kappa shape index (κ3) is 2.97. The van der Waals surface area contributed by atoms with E-state index in [-0.39, 0.29) is 18.2 Å². The van der Waals surface area contributed by atoms with Crippen LogP contribution in [0.1, 0.15) is 21.9 Å². The predicted molar refractivity (Wildman–Crippen MR) is 99.4 cm³/mol. The van der Waals surface area contributed by atoms with Crippen molar-refractivity contribution in [2.45, 2.75) is 13.5 Å². The first-order valence-electron chi connectivity index (χ1n) is 8.07. The Labute approximate surface area is 154 Å².